The first kappa shape index (κ1) is 18.7. The largest absolute Gasteiger partial charge is 0.344 e. The summed E-state index contributed by atoms with van der Waals surface area (Å²) in [5.41, 5.74) is 0. The Morgan fingerprint density at radius 3 is 2.32 bits per heavy atom. The fraction of sp³-hybridized carbons (Fsp3) is 0.900. The lowest BCUT2D eigenvalue weighted by molar-refractivity contribution is -0.133. The Morgan fingerprint density at radius 1 is 0.920 bits per heavy atom. The van der Waals surface area contributed by atoms with E-state index in [-0.39, 0.29) is 11.8 Å². The number of nitrogens with zero attached hydrogens (tertiary/aromatic N) is 3. The van der Waals surface area contributed by atoms with Crippen LogP contribution in [-0.2, 0) is 9.59 Å². The predicted octanol–water partition coefficient (Wildman–Crippen LogP) is 2.50. The first-order chi connectivity index (χ1) is 12.1. The Hall–Kier alpha value is -1.10. The third-order valence-corrected chi connectivity index (χ3v) is 6.58. The summed E-state index contributed by atoms with van der Waals surface area (Å²) in [6.07, 6.45) is 11.0. The average molecular weight is 350 g/mol. The zero-order valence-electron chi connectivity index (χ0n) is 16.1. The number of hydrogen-bond donors (Lipinski definition) is 0. The number of likely N-dealkylation sites (N-methyl/N-ethyl adjacent to an activating group) is 1. The minimum atomic E-state index is 0.190. The summed E-state index contributed by atoms with van der Waals surface area (Å²) in [5, 5.41) is 0. The van der Waals surface area contributed by atoms with E-state index >= 15 is 0 Å². The molecule has 2 aliphatic heterocycles. The van der Waals surface area contributed by atoms with Crippen molar-refractivity contribution in [3.05, 3.63) is 0 Å². The van der Waals surface area contributed by atoms with Gasteiger partial charge in [-0.1, -0.05) is 19.3 Å². The Bertz CT molecular complexity index is 476. The molecule has 0 bridgehead atoms. The highest BCUT2D eigenvalue weighted by atomic mass is 16.2. The molecule has 3 fully saturated rings. The lowest BCUT2D eigenvalue weighted by Crippen LogP contribution is -2.50. The second-order valence-electron chi connectivity index (χ2n) is 8.38. The summed E-state index contributed by atoms with van der Waals surface area (Å²) in [6, 6.07) is 0.690. The molecule has 2 amide bonds. The molecule has 0 spiro atoms. The fourth-order valence-electron chi connectivity index (χ4n) is 5.22. The number of carbonyl (C=O) groups excluding carboxylic acids is 2. The Kier molecular flexibility index (Phi) is 6.37. The zero-order valence-corrected chi connectivity index (χ0v) is 16.1. The molecular formula is C20H35N3O2. The fourth-order valence-corrected chi connectivity index (χ4v) is 5.22. The van der Waals surface area contributed by atoms with E-state index in [1.165, 1.54) is 32.1 Å². The van der Waals surface area contributed by atoms with Crippen molar-refractivity contribution in [3.63, 3.8) is 0 Å². The zero-order chi connectivity index (χ0) is 17.8. The Morgan fingerprint density at radius 2 is 1.60 bits per heavy atom. The summed E-state index contributed by atoms with van der Waals surface area (Å²) < 4.78 is 0. The van der Waals surface area contributed by atoms with Gasteiger partial charge in [-0.05, 0) is 51.0 Å². The van der Waals surface area contributed by atoms with Gasteiger partial charge in [0.15, 0.2) is 0 Å². The van der Waals surface area contributed by atoms with Crippen LogP contribution < -0.4 is 0 Å². The second-order valence-corrected chi connectivity index (χ2v) is 8.38. The first-order valence-corrected chi connectivity index (χ1v) is 10.3. The van der Waals surface area contributed by atoms with Crippen LogP contribution in [0.4, 0.5) is 0 Å². The predicted molar refractivity (Wildman–Crippen MR) is 99.2 cm³/mol. The van der Waals surface area contributed by atoms with Crippen molar-refractivity contribution in [1.82, 2.24) is 14.7 Å². The number of amides is 2. The summed E-state index contributed by atoms with van der Waals surface area (Å²) in [7, 11) is 1.97. The van der Waals surface area contributed by atoms with E-state index in [1.54, 1.807) is 6.92 Å². The van der Waals surface area contributed by atoms with Gasteiger partial charge in [-0.3, -0.25) is 14.5 Å². The van der Waals surface area contributed by atoms with Crippen LogP contribution in [-0.4, -0.2) is 71.8 Å². The molecular weight excluding hydrogens is 314 g/mol. The molecule has 0 aromatic heterocycles. The van der Waals surface area contributed by atoms with Crippen LogP contribution in [0.15, 0.2) is 0 Å². The van der Waals surface area contributed by atoms with Gasteiger partial charge in [-0.15, -0.1) is 0 Å². The van der Waals surface area contributed by atoms with Crippen LogP contribution in [0.5, 0.6) is 0 Å². The van der Waals surface area contributed by atoms with Crippen LogP contribution in [0.3, 0.4) is 0 Å². The molecule has 3 rings (SSSR count). The summed E-state index contributed by atoms with van der Waals surface area (Å²) in [4.78, 5) is 31.0. The molecule has 0 aromatic rings. The highest BCUT2D eigenvalue weighted by Crippen LogP contribution is 2.30. The van der Waals surface area contributed by atoms with Crippen LogP contribution in [0.1, 0.15) is 64.7 Å². The molecule has 2 heterocycles. The molecule has 25 heavy (non-hydrogen) atoms. The van der Waals surface area contributed by atoms with Crippen molar-refractivity contribution in [2.75, 3.05) is 33.2 Å². The van der Waals surface area contributed by atoms with E-state index in [1.807, 2.05) is 16.8 Å². The average Bonchev–Trinajstić information content (AvgIpc) is 3.24. The molecule has 1 saturated carbocycles. The summed E-state index contributed by atoms with van der Waals surface area (Å²) >= 11 is 0. The lowest BCUT2D eigenvalue weighted by Gasteiger charge is -2.35. The van der Waals surface area contributed by atoms with Gasteiger partial charge in [0.2, 0.25) is 11.8 Å². The summed E-state index contributed by atoms with van der Waals surface area (Å²) in [6.45, 7) is 5.01. The third-order valence-electron chi connectivity index (χ3n) is 6.58. The van der Waals surface area contributed by atoms with Crippen molar-refractivity contribution < 1.29 is 9.59 Å². The van der Waals surface area contributed by atoms with E-state index in [0.717, 1.165) is 45.3 Å². The standard InChI is InChI=1S/C20H35N3O2/c1-16(24)23-13-7-11-19(23)18-10-6-12-22(18)15-20(25)21(2)14-17-8-4-3-5-9-17/h17-19H,3-15H2,1-2H3/t18-,19-/m0/s1. The maximum Gasteiger partial charge on any atom is 0.236 e. The smallest absolute Gasteiger partial charge is 0.236 e. The van der Waals surface area contributed by atoms with Gasteiger partial charge in [-0.25, -0.2) is 0 Å². The second kappa shape index (κ2) is 8.52. The van der Waals surface area contributed by atoms with Crippen molar-refractivity contribution in [3.8, 4) is 0 Å². The Balaban J connectivity index is 1.53. The first-order valence-electron chi connectivity index (χ1n) is 10.3. The SMILES string of the molecule is CC(=O)N1CCC[C@H]1[C@@H]1CCCN1CC(=O)N(C)CC1CCCCC1. The highest BCUT2D eigenvalue weighted by Gasteiger charge is 2.39. The maximum atomic E-state index is 12.8. The van der Waals surface area contributed by atoms with Crippen molar-refractivity contribution in [1.29, 1.82) is 0 Å². The van der Waals surface area contributed by atoms with Gasteiger partial charge in [0.05, 0.1) is 6.54 Å². The van der Waals surface area contributed by atoms with Gasteiger partial charge in [0.1, 0.15) is 0 Å². The molecule has 0 unspecified atom stereocenters. The number of carbonyl (C=O) groups is 2. The van der Waals surface area contributed by atoms with Gasteiger partial charge < -0.3 is 9.80 Å². The van der Waals surface area contributed by atoms with Gasteiger partial charge in [-0.2, -0.15) is 0 Å². The quantitative estimate of drug-likeness (QED) is 0.766. The van der Waals surface area contributed by atoms with E-state index in [9.17, 15) is 9.59 Å². The van der Waals surface area contributed by atoms with Gasteiger partial charge in [0, 0.05) is 39.1 Å². The monoisotopic (exact) mass is 349 g/mol. The van der Waals surface area contributed by atoms with Crippen LogP contribution in [0, 0.1) is 5.92 Å². The normalized spacial score (nSPS) is 28.5. The van der Waals surface area contributed by atoms with Crippen molar-refractivity contribution >= 4 is 11.8 Å². The van der Waals surface area contributed by atoms with E-state index in [2.05, 4.69) is 4.90 Å². The van der Waals surface area contributed by atoms with Gasteiger partial charge >= 0.3 is 0 Å². The topological polar surface area (TPSA) is 43.9 Å². The number of hydrogen-bond acceptors (Lipinski definition) is 3. The van der Waals surface area contributed by atoms with Crippen LogP contribution in [0.25, 0.3) is 0 Å². The maximum absolute atomic E-state index is 12.8. The van der Waals surface area contributed by atoms with Crippen molar-refractivity contribution in [2.24, 2.45) is 5.92 Å². The third kappa shape index (κ3) is 4.55. The molecule has 0 N–H and O–H groups in total. The molecule has 2 saturated heterocycles. The molecule has 3 aliphatic rings. The minimum Gasteiger partial charge on any atom is -0.344 e. The highest BCUT2D eigenvalue weighted by molar-refractivity contribution is 5.78. The minimum absolute atomic E-state index is 0.190. The molecule has 5 nitrogen and oxygen atoms in total. The number of rotatable bonds is 5. The molecule has 1 aliphatic carbocycles. The molecule has 142 valence electrons. The van der Waals surface area contributed by atoms with Crippen LogP contribution >= 0.6 is 0 Å². The molecule has 2 atom stereocenters. The molecule has 5 heteroatoms. The molecule has 0 radical (unpaired) electrons. The van der Waals surface area contributed by atoms with E-state index in [0.29, 0.717) is 24.5 Å². The van der Waals surface area contributed by atoms with E-state index < -0.39 is 0 Å². The van der Waals surface area contributed by atoms with Gasteiger partial charge in [0.25, 0.3) is 0 Å². The number of likely N-dealkylation sites (tertiary alicyclic amines) is 2. The molecule has 0 aromatic carbocycles. The van der Waals surface area contributed by atoms with E-state index in [4.69, 9.17) is 0 Å². The van der Waals surface area contributed by atoms with Crippen molar-refractivity contribution in [2.45, 2.75) is 76.8 Å². The lowest BCUT2D eigenvalue weighted by atomic mass is 9.89. The van der Waals surface area contributed by atoms with Crippen LogP contribution in [0.2, 0.25) is 0 Å². The summed E-state index contributed by atoms with van der Waals surface area (Å²) in [5.74, 6) is 1.14. The Labute approximate surface area is 152 Å².